The van der Waals surface area contributed by atoms with Crippen molar-refractivity contribution in [3.63, 3.8) is 0 Å². The van der Waals surface area contributed by atoms with Crippen molar-refractivity contribution < 1.29 is 9.59 Å². The summed E-state index contributed by atoms with van der Waals surface area (Å²) in [6.07, 6.45) is 2.58. The van der Waals surface area contributed by atoms with E-state index in [4.69, 9.17) is 0 Å². The van der Waals surface area contributed by atoms with E-state index in [1.54, 1.807) is 6.20 Å². The number of hydrogen-bond donors (Lipinski definition) is 0. The van der Waals surface area contributed by atoms with Crippen molar-refractivity contribution in [3.8, 4) is 0 Å². The summed E-state index contributed by atoms with van der Waals surface area (Å²) in [5, 5.41) is 0. The number of carbonyl (C=O) groups is 2. The first kappa shape index (κ1) is 17.6. The standard InChI is InChI=1S/C24H21N3O2/c28-22(18-8-3-1-4-9-18)26-15-13-24(16-26)17-27(20-12-7-14-25-21(20)24)23(29)19-10-5-2-6-11-19/h1-12,14H,13,15-17H2/t24-/m0/s1. The van der Waals surface area contributed by atoms with E-state index < -0.39 is 0 Å². The highest BCUT2D eigenvalue weighted by Crippen LogP contribution is 2.45. The first-order valence-electron chi connectivity index (χ1n) is 9.85. The van der Waals surface area contributed by atoms with E-state index in [-0.39, 0.29) is 17.2 Å². The van der Waals surface area contributed by atoms with Gasteiger partial charge in [0.1, 0.15) is 0 Å². The van der Waals surface area contributed by atoms with Gasteiger partial charge in [0.2, 0.25) is 0 Å². The van der Waals surface area contributed by atoms with Gasteiger partial charge in [-0.05, 0) is 42.8 Å². The summed E-state index contributed by atoms with van der Waals surface area (Å²) in [7, 11) is 0. The zero-order valence-electron chi connectivity index (χ0n) is 16.0. The molecule has 2 aromatic carbocycles. The van der Waals surface area contributed by atoms with Gasteiger partial charge in [0.05, 0.1) is 16.8 Å². The molecule has 1 saturated heterocycles. The third kappa shape index (κ3) is 2.90. The van der Waals surface area contributed by atoms with Crippen molar-refractivity contribution in [2.45, 2.75) is 11.8 Å². The number of pyridine rings is 1. The first-order valence-corrected chi connectivity index (χ1v) is 9.85. The Kier molecular flexibility index (Phi) is 4.16. The second-order valence-electron chi connectivity index (χ2n) is 7.75. The number of carbonyl (C=O) groups excluding carboxylic acids is 2. The molecule has 0 aliphatic carbocycles. The van der Waals surface area contributed by atoms with Gasteiger partial charge in [-0.25, -0.2) is 0 Å². The summed E-state index contributed by atoms with van der Waals surface area (Å²) < 4.78 is 0. The highest BCUT2D eigenvalue weighted by Gasteiger charge is 2.51. The zero-order valence-corrected chi connectivity index (χ0v) is 16.0. The van der Waals surface area contributed by atoms with Crippen LogP contribution in [0.3, 0.4) is 0 Å². The third-order valence-corrected chi connectivity index (χ3v) is 5.97. The van der Waals surface area contributed by atoms with Crippen LogP contribution in [0, 0.1) is 0 Å². The van der Waals surface area contributed by atoms with Crippen molar-refractivity contribution in [1.29, 1.82) is 0 Å². The van der Waals surface area contributed by atoms with E-state index in [2.05, 4.69) is 4.98 Å². The maximum Gasteiger partial charge on any atom is 0.258 e. The SMILES string of the molecule is O=C(c1ccccc1)N1CC[C@]2(C1)CN(C(=O)c1ccccc1)c1cccnc12. The molecule has 0 unspecified atom stereocenters. The van der Waals surface area contributed by atoms with E-state index in [1.165, 1.54) is 0 Å². The Morgan fingerprint density at radius 1 is 0.793 bits per heavy atom. The predicted molar refractivity (Wildman–Crippen MR) is 111 cm³/mol. The number of anilines is 1. The molecule has 0 saturated carbocycles. The van der Waals surface area contributed by atoms with Crippen molar-refractivity contribution in [3.05, 3.63) is 95.8 Å². The quantitative estimate of drug-likeness (QED) is 0.680. The first-order chi connectivity index (χ1) is 14.2. The Morgan fingerprint density at radius 2 is 1.45 bits per heavy atom. The zero-order chi connectivity index (χ0) is 19.8. The van der Waals surface area contributed by atoms with Gasteiger partial charge in [0.25, 0.3) is 11.8 Å². The van der Waals surface area contributed by atoms with Crippen LogP contribution in [0.4, 0.5) is 5.69 Å². The highest BCUT2D eigenvalue weighted by molar-refractivity contribution is 6.07. The fourth-order valence-corrected chi connectivity index (χ4v) is 4.54. The van der Waals surface area contributed by atoms with Crippen molar-refractivity contribution in [1.82, 2.24) is 9.88 Å². The van der Waals surface area contributed by atoms with Crippen LogP contribution in [0.15, 0.2) is 79.0 Å². The molecule has 1 aromatic heterocycles. The van der Waals surface area contributed by atoms with Gasteiger partial charge < -0.3 is 9.80 Å². The molecule has 3 heterocycles. The minimum Gasteiger partial charge on any atom is -0.338 e. The average Bonchev–Trinajstić information content (AvgIpc) is 3.36. The number of benzene rings is 2. The van der Waals surface area contributed by atoms with Crippen molar-refractivity contribution >= 4 is 17.5 Å². The van der Waals surface area contributed by atoms with Crippen LogP contribution >= 0.6 is 0 Å². The summed E-state index contributed by atoms with van der Waals surface area (Å²) in [5.74, 6) is 0.0114. The molecule has 1 atom stereocenters. The fourth-order valence-electron chi connectivity index (χ4n) is 4.54. The number of aromatic nitrogens is 1. The Hall–Kier alpha value is -3.47. The average molecular weight is 383 g/mol. The van der Waals surface area contributed by atoms with Gasteiger partial charge in [0, 0.05) is 37.0 Å². The van der Waals surface area contributed by atoms with E-state index in [0.29, 0.717) is 30.8 Å². The molecule has 0 bridgehead atoms. The van der Waals surface area contributed by atoms with Crippen LogP contribution in [0.2, 0.25) is 0 Å². The van der Waals surface area contributed by atoms with Gasteiger partial charge in [-0.15, -0.1) is 0 Å². The predicted octanol–water partition coefficient (Wildman–Crippen LogP) is 3.53. The molecule has 2 aliphatic rings. The summed E-state index contributed by atoms with van der Waals surface area (Å²) >= 11 is 0. The van der Waals surface area contributed by atoms with E-state index in [0.717, 1.165) is 17.8 Å². The van der Waals surface area contributed by atoms with Gasteiger partial charge in [0.15, 0.2) is 0 Å². The number of fused-ring (bicyclic) bond motifs is 2. The van der Waals surface area contributed by atoms with E-state index >= 15 is 0 Å². The van der Waals surface area contributed by atoms with E-state index in [1.807, 2.05) is 82.6 Å². The highest BCUT2D eigenvalue weighted by atomic mass is 16.2. The van der Waals surface area contributed by atoms with Gasteiger partial charge >= 0.3 is 0 Å². The summed E-state index contributed by atoms with van der Waals surface area (Å²) in [5.41, 5.74) is 2.82. The second kappa shape index (κ2) is 6.85. The molecular formula is C24H21N3O2. The third-order valence-electron chi connectivity index (χ3n) is 5.97. The molecule has 1 spiro atoms. The lowest BCUT2D eigenvalue weighted by atomic mass is 9.85. The molecule has 2 amide bonds. The van der Waals surface area contributed by atoms with Crippen molar-refractivity contribution in [2.75, 3.05) is 24.5 Å². The lowest BCUT2D eigenvalue weighted by Gasteiger charge is -2.25. The summed E-state index contributed by atoms with van der Waals surface area (Å²) in [6, 6.07) is 22.5. The van der Waals surface area contributed by atoms with Crippen LogP contribution in [-0.2, 0) is 5.41 Å². The molecule has 0 radical (unpaired) electrons. The lowest BCUT2D eigenvalue weighted by Crippen LogP contribution is -2.40. The van der Waals surface area contributed by atoms with Crippen LogP contribution in [0.25, 0.3) is 0 Å². The van der Waals surface area contributed by atoms with Gasteiger partial charge in [-0.3, -0.25) is 14.6 Å². The molecule has 3 aromatic rings. The summed E-state index contributed by atoms with van der Waals surface area (Å²) in [6.45, 7) is 1.78. The smallest absolute Gasteiger partial charge is 0.258 e. The molecule has 5 nitrogen and oxygen atoms in total. The fraction of sp³-hybridized carbons (Fsp3) is 0.208. The number of likely N-dealkylation sites (tertiary alicyclic amines) is 1. The molecule has 2 aliphatic heterocycles. The Labute approximate surface area is 169 Å². The van der Waals surface area contributed by atoms with Crippen molar-refractivity contribution in [2.24, 2.45) is 0 Å². The molecule has 29 heavy (non-hydrogen) atoms. The van der Waals surface area contributed by atoms with Crippen LogP contribution in [-0.4, -0.2) is 41.3 Å². The monoisotopic (exact) mass is 383 g/mol. The topological polar surface area (TPSA) is 53.5 Å². The van der Waals surface area contributed by atoms with E-state index in [9.17, 15) is 9.59 Å². The normalized spacial score (nSPS) is 20.1. The summed E-state index contributed by atoms with van der Waals surface area (Å²) in [4.78, 5) is 34.5. The Bertz CT molecular complexity index is 1070. The van der Waals surface area contributed by atoms with Crippen LogP contribution in [0.1, 0.15) is 32.8 Å². The molecule has 1 fully saturated rings. The lowest BCUT2D eigenvalue weighted by molar-refractivity contribution is 0.0784. The minimum atomic E-state index is -0.314. The maximum atomic E-state index is 13.2. The second-order valence-corrected chi connectivity index (χ2v) is 7.75. The largest absolute Gasteiger partial charge is 0.338 e. The van der Waals surface area contributed by atoms with Crippen LogP contribution in [0.5, 0.6) is 0 Å². The van der Waals surface area contributed by atoms with Gasteiger partial charge in [-0.1, -0.05) is 36.4 Å². The maximum absolute atomic E-state index is 13.2. The molecule has 5 rings (SSSR count). The molecule has 5 heteroatoms. The Balaban J connectivity index is 1.46. The van der Waals surface area contributed by atoms with Crippen LogP contribution < -0.4 is 4.90 Å². The number of nitrogens with zero attached hydrogens (tertiary/aromatic N) is 3. The number of rotatable bonds is 2. The minimum absolute atomic E-state index is 0.0236. The number of hydrogen-bond acceptors (Lipinski definition) is 3. The van der Waals surface area contributed by atoms with Gasteiger partial charge in [-0.2, -0.15) is 0 Å². The molecular weight excluding hydrogens is 362 g/mol. The number of amides is 2. The molecule has 0 N–H and O–H groups in total. The Morgan fingerprint density at radius 3 is 2.14 bits per heavy atom. The molecule has 144 valence electrons.